The molecule has 0 unspecified atom stereocenters. The summed E-state index contributed by atoms with van der Waals surface area (Å²) >= 11 is 0. The van der Waals surface area contributed by atoms with Crippen LogP contribution in [-0.4, -0.2) is 0 Å². The number of hydrogen-bond acceptors (Lipinski definition) is 0. The molecule has 9 aromatic rings. The van der Waals surface area contributed by atoms with E-state index < -0.39 is 0 Å². The predicted molar refractivity (Wildman–Crippen MR) is 210 cm³/mol. The first-order valence-electron chi connectivity index (χ1n) is 17.3. The molecule has 0 amide bonds. The molecule has 49 heavy (non-hydrogen) atoms. The van der Waals surface area contributed by atoms with Crippen molar-refractivity contribution < 1.29 is 0 Å². The first kappa shape index (κ1) is 28.1. The van der Waals surface area contributed by atoms with Crippen LogP contribution in [0.5, 0.6) is 0 Å². The Hall–Kier alpha value is -5.98. The van der Waals surface area contributed by atoms with Crippen molar-refractivity contribution in [1.82, 2.24) is 0 Å². The van der Waals surface area contributed by atoms with Gasteiger partial charge in [-0.25, -0.2) is 0 Å². The van der Waals surface area contributed by atoms with Gasteiger partial charge in [-0.05, 0) is 123 Å². The third kappa shape index (κ3) is 4.17. The zero-order valence-electron chi connectivity index (χ0n) is 27.7. The van der Waals surface area contributed by atoms with Crippen molar-refractivity contribution in [3.63, 3.8) is 0 Å². The van der Waals surface area contributed by atoms with Gasteiger partial charge in [-0.15, -0.1) is 0 Å². The van der Waals surface area contributed by atoms with Crippen LogP contribution in [0.15, 0.2) is 170 Å². The Balaban J connectivity index is 1.25. The normalized spacial score (nSPS) is 13.3. The van der Waals surface area contributed by atoms with Crippen molar-refractivity contribution in [2.75, 3.05) is 0 Å². The van der Waals surface area contributed by atoms with E-state index >= 15 is 0 Å². The smallest absolute Gasteiger partial charge is 0.0159 e. The Labute approximate surface area is 286 Å². The van der Waals surface area contributed by atoms with Crippen molar-refractivity contribution in [1.29, 1.82) is 0 Å². The fourth-order valence-corrected chi connectivity index (χ4v) is 8.62. The molecule has 1 aliphatic rings. The van der Waals surface area contributed by atoms with Gasteiger partial charge < -0.3 is 0 Å². The van der Waals surface area contributed by atoms with Crippen LogP contribution in [0.2, 0.25) is 0 Å². The second-order valence-corrected chi connectivity index (χ2v) is 14.1. The second kappa shape index (κ2) is 10.5. The van der Waals surface area contributed by atoms with Gasteiger partial charge in [0, 0.05) is 5.41 Å². The maximum absolute atomic E-state index is 2.47. The van der Waals surface area contributed by atoms with Crippen molar-refractivity contribution in [2.24, 2.45) is 0 Å². The average Bonchev–Trinajstić information content (AvgIpc) is 3.37. The Kier molecular flexibility index (Phi) is 6.02. The van der Waals surface area contributed by atoms with Crippen molar-refractivity contribution in [3.05, 3.63) is 181 Å². The molecule has 0 spiro atoms. The van der Waals surface area contributed by atoms with E-state index in [1.54, 1.807) is 0 Å². The molecule has 0 heteroatoms. The molecule has 10 rings (SSSR count). The van der Waals surface area contributed by atoms with E-state index in [1.807, 2.05) is 0 Å². The van der Waals surface area contributed by atoms with Crippen LogP contribution in [0.3, 0.4) is 0 Å². The third-order valence-electron chi connectivity index (χ3n) is 11.0. The molecular weight excluding hydrogens is 589 g/mol. The molecule has 0 aromatic heterocycles. The van der Waals surface area contributed by atoms with Crippen LogP contribution in [-0.2, 0) is 5.41 Å². The Bertz CT molecular complexity index is 2720. The van der Waals surface area contributed by atoms with Gasteiger partial charge in [-0.1, -0.05) is 159 Å². The summed E-state index contributed by atoms with van der Waals surface area (Å²) in [5, 5.41) is 10.2. The highest BCUT2D eigenvalue weighted by atomic mass is 14.4. The second-order valence-electron chi connectivity index (χ2n) is 14.1. The van der Waals surface area contributed by atoms with Gasteiger partial charge in [0.15, 0.2) is 0 Å². The molecular formula is C49H34. The molecule has 9 aromatic carbocycles. The van der Waals surface area contributed by atoms with Gasteiger partial charge in [0.05, 0.1) is 0 Å². The lowest BCUT2D eigenvalue weighted by Crippen LogP contribution is -2.14. The van der Waals surface area contributed by atoms with Crippen LogP contribution in [0.4, 0.5) is 0 Å². The molecule has 0 radical (unpaired) electrons. The van der Waals surface area contributed by atoms with E-state index in [9.17, 15) is 0 Å². The predicted octanol–water partition coefficient (Wildman–Crippen LogP) is 13.6. The summed E-state index contributed by atoms with van der Waals surface area (Å²) in [6.07, 6.45) is 0. The lowest BCUT2D eigenvalue weighted by Gasteiger charge is -2.22. The summed E-state index contributed by atoms with van der Waals surface area (Å²) in [6, 6.07) is 63.2. The summed E-state index contributed by atoms with van der Waals surface area (Å²) in [5.74, 6) is 0. The van der Waals surface area contributed by atoms with Gasteiger partial charge in [0.25, 0.3) is 0 Å². The van der Waals surface area contributed by atoms with E-state index in [0.717, 1.165) is 0 Å². The topological polar surface area (TPSA) is 0 Å². The first-order valence-corrected chi connectivity index (χ1v) is 17.3. The average molecular weight is 623 g/mol. The lowest BCUT2D eigenvalue weighted by molar-refractivity contribution is 0.661. The van der Waals surface area contributed by atoms with E-state index in [-0.39, 0.29) is 5.41 Å². The largest absolute Gasteiger partial charge is 0.0622 e. The molecule has 230 valence electrons. The molecule has 0 N–H and O–H groups in total. The number of rotatable bonds is 3. The Morgan fingerprint density at radius 2 is 0.878 bits per heavy atom. The van der Waals surface area contributed by atoms with Gasteiger partial charge in [-0.3, -0.25) is 0 Å². The number of hydrogen-bond donors (Lipinski definition) is 0. The SMILES string of the molecule is CC1(C)c2ccc(-c3c4ccccc4c(-c4cccc5ccc(-c6ccccc6)cc45)c4ccccc34)cc2-c2cc3ccccc3cc21. The highest BCUT2D eigenvalue weighted by Gasteiger charge is 2.36. The fraction of sp³-hybridized carbons (Fsp3) is 0.0612. The van der Waals surface area contributed by atoms with Crippen LogP contribution in [0.25, 0.3) is 87.6 Å². The van der Waals surface area contributed by atoms with Gasteiger partial charge in [0.2, 0.25) is 0 Å². The van der Waals surface area contributed by atoms with E-state index in [2.05, 4.69) is 184 Å². The molecule has 0 atom stereocenters. The highest BCUT2D eigenvalue weighted by molar-refractivity contribution is 6.23. The van der Waals surface area contributed by atoms with Gasteiger partial charge >= 0.3 is 0 Å². The molecule has 0 bridgehead atoms. The van der Waals surface area contributed by atoms with Crippen LogP contribution in [0, 0.1) is 0 Å². The minimum Gasteiger partial charge on any atom is -0.0622 e. The van der Waals surface area contributed by atoms with E-state index in [1.165, 1.54) is 98.7 Å². The molecule has 0 heterocycles. The Morgan fingerprint density at radius 1 is 0.306 bits per heavy atom. The molecule has 0 saturated carbocycles. The molecule has 0 fully saturated rings. The minimum atomic E-state index is -0.0613. The summed E-state index contributed by atoms with van der Waals surface area (Å²) in [5.41, 5.74) is 13.1. The standard InChI is InChI=1S/C49H34/c1-49(2)45-26-25-36(29-43(45)44-28-33-15-6-7-16-34(33)30-46(44)49)47-37-18-8-10-20-39(37)48(40-21-11-9-19-38(40)47)41-22-12-17-32-23-24-35(27-42(32)41)31-13-4-3-5-14-31/h3-30H,1-2H3. The summed E-state index contributed by atoms with van der Waals surface area (Å²) in [7, 11) is 0. The van der Waals surface area contributed by atoms with Crippen LogP contribution >= 0.6 is 0 Å². The van der Waals surface area contributed by atoms with Crippen LogP contribution < -0.4 is 0 Å². The van der Waals surface area contributed by atoms with Gasteiger partial charge in [-0.2, -0.15) is 0 Å². The van der Waals surface area contributed by atoms with Crippen LogP contribution in [0.1, 0.15) is 25.0 Å². The fourth-order valence-electron chi connectivity index (χ4n) is 8.62. The third-order valence-corrected chi connectivity index (χ3v) is 11.0. The lowest BCUT2D eigenvalue weighted by atomic mass is 9.81. The molecule has 1 aliphatic carbocycles. The summed E-state index contributed by atoms with van der Waals surface area (Å²) in [6.45, 7) is 4.75. The maximum atomic E-state index is 2.47. The quantitative estimate of drug-likeness (QED) is 0.172. The van der Waals surface area contributed by atoms with Crippen molar-refractivity contribution >= 4 is 43.1 Å². The highest BCUT2D eigenvalue weighted by Crippen LogP contribution is 2.52. The van der Waals surface area contributed by atoms with Crippen molar-refractivity contribution in [3.8, 4) is 44.5 Å². The Morgan fingerprint density at radius 3 is 1.59 bits per heavy atom. The maximum Gasteiger partial charge on any atom is 0.0159 e. The summed E-state index contributed by atoms with van der Waals surface area (Å²) in [4.78, 5) is 0. The van der Waals surface area contributed by atoms with Crippen molar-refractivity contribution in [2.45, 2.75) is 19.3 Å². The zero-order chi connectivity index (χ0) is 32.7. The minimum absolute atomic E-state index is 0.0613. The number of fused-ring (bicyclic) bond motifs is 7. The first-order chi connectivity index (χ1) is 24.1. The molecule has 0 aliphatic heterocycles. The monoisotopic (exact) mass is 622 g/mol. The van der Waals surface area contributed by atoms with E-state index in [0.29, 0.717) is 0 Å². The molecule has 0 saturated heterocycles. The summed E-state index contributed by atoms with van der Waals surface area (Å²) < 4.78 is 0. The van der Waals surface area contributed by atoms with Gasteiger partial charge in [0.1, 0.15) is 0 Å². The molecule has 0 nitrogen and oxygen atoms in total. The number of benzene rings is 9. The van der Waals surface area contributed by atoms with E-state index in [4.69, 9.17) is 0 Å². The zero-order valence-corrected chi connectivity index (χ0v) is 27.7.